The zero-order chi connectivity index (χ0) is 17.2. The Kier molecular flexibility index (Phi) is 4.73. The van der Waals surface area contributed by atoms with Crippen molar-refractivity contribution in [3.63, 3.8) is 0 Å². The number of halogens is 3. The van der Waals surface area contributed by atoms with Crippen molar-refractivity contribution in [2.24, 2.45) is 7.05 Å². The van der Waals surface area contributed by atoms with E-state index in [1.807, 2.05) is 0 Å². The third kappa shape index (κ3) is 4.31. The van der Waals surface area contributed by atoms with Crippen molar-refractivity contribution < 1.29 is 22.7 Å². The maximum absolute atomic E-state index is 12.2. The van der Waals surface area contributed by atoms with Gasteiger partial charge in [0.15, 0.2) is 0 Å². The van der Waals surface area contributed by atoms with Crippen LogP contribution in [0.3, 0.4) is 0 Å². The summed E-state index contributed by atoms with van der Waals surface area (Å²) in [5.74, 6) is -0.358. The fraction of sp³-hybridized carbons (Fsp3) is 0.462. The van der Waals surface area contributed by atoms with Gasteiger partial charge in [-0.05, 0) is 13.8 Å². The Morgan fingerprint density at radius 3 is 2.65 bits per heavy atom. The van der Waals surface area contributed by atoms with Crippen molar-refractivity contribution in [1.82, 2.24) is 19.6 Å². The maximum Gasteiger partial charge on any atom is 0.411 e. The van der Waals surface area contributed by atoms with E-state index in [0.29, 0.717) is 22.6 Å². The largest absolute Gasteiger partial charge is 0.411 e. The molecule has 10 heteroatoms. The minimum absolute atomic E-state index is 0.355. The standard InChI is InChI=1S/C13H16F3N5O2/c1-8-11(9(2)20(3)19-8)12(22)18-10-4-17-21(5-10)7-23-6-13(14,15)16/h4-5H,6-7H2,1-3H3,(H,18,22). The normalized spacial score (nSPS) is 11.7. The summed E-state index contributed by atoms with van der Waals surface area (Å²) in [6.45, 7) is 1.77. The van der Waals surface area contributed by atoms with E-state index in [1.54, 1.807) is 25.6 Å². The molecule has 2 rings (SSSR count). The molecule has 2 aromatic heterocycles. The van der Waals surface area contributed by atoms with Crippen LogP contribution in [0.5, 0.6) is 0 Å². The van der Waals surface area contributed by atoms with Gasteiger partial charge < -0.3 is 10.1 Å². The molecule has 0 spiro atoms. The van der Waals surface area contributed by atoms with Gasteiger partial charge in [-0.3, -0.25) is 9.48 Å². The zero-order valence-corrected chi connectivity index (χ0v) is 12.8. The van der Waals surface area contributed by atoms with Crippen molar-refractivity contribution >= 4 is 11.6 Å². The lowest BCUT2D eigenvalue weighted by Crippen LogP contribution is -2.18. The number of nitrogens with one attached hydrogen (secondary N) is 1. The highest BCUT2D eigenvalue weighted by Crippen LogP contribution is 2.16. The Labute approximate surface area is 130 Å². The SMILES string of the molecule is Cc1nn(C)c(C)c1C(=O)Nc1cnn(COCC(F)(F)F)c1. The lowest BCUT2D eigenvalue weighted by atomic mass is 10.2. The summed E-state index contributed by atoms with van der Waals surface area (Å²) in [5.41, 5.74) is 2.10. The maximum atomic E-state index is 12.2. The first-order chi connectivity index (χ1) is 10.7. The van der Waals surface area contributed by atoms with Crippen LogP contribution in [0.2, 0.25) is 0 Å². The van der Waals surface area contributed by atoms with Crippen LogP contribution in [-0.4, -0.2) is 38.3 Å². The second-order valence-electron chi connectivity index (χ2n) is 4.98. The number of amides is 1. The van der Waals surface area contributed by atoms with E-state index in [2.05, 4.69) is 20.3 Å². The van der Waals surface area contributed by atoms with Gasteiger partial charge in [0.1, 0.15) is 13.3 Å². The molecule has 0 aliphatic carbocycles. The molecule has 0 fully saturated rings. The highest BCUT2D eigenvalue weighted by Gasteiger charge is 2.27. The molecule has 1 N–H and O–H groups in total. The molecule has 0 saturated carbocycles. The van der Waals surface area contributed by atoms with Gasteiger partial charge in [-0.15, -0.1) is 0 Å². The number of alkyl halides is 3. The van der Waals surface area contributed by atoms with E-state index in [9.17, 15) is 18.0 Å². The van der Waals surface area contributed by atoms with Crippen LogP contribution >= 0.6 is 0 Å². The van der Waals surface area contributed by atoms with Crippen LogP contribution in [0.1, 0.15) is 21.7 Å². The lowest BCUT2D eigenvalue weighted by Gasteiger charge is -2.07. The van der Waals surface area contributed by atoms with Crippen molar-refractivity contribution in [1.29, 1.82) is 0 Å². The molecule has 0 unspecified atom stereocenters. The molecule has 0 saturated heterocycles. The van der Waals surface area contributed by atoms with Crippen molar-refractivity contribution in [3.8, 4) is 0 Å². The number of ether oxygens (including phenoxy) is 1. The van der Waals surface area contributed by atoms with Gasteiger partial charge in [0.05, 0.1) is 29.3 Å². The van der Waals surface area contributed by atoms with Gasteiger partial charge in [0.2, 0.25) is 0 Å². The number of carbonyl (C=O) groups is 1. The molecule has 1 amide bonds. The minimum Gasteiger partial charge on any atom is -0.350 e. The van der Waals surface area contributed by atoms with Crippen LogP contribution in [0.4, 0.5) is 18.9 Å². The van der Waals surface area contributed by atoms with Crippen LogP contribution in [0.25, 0.3) is 0 Å². The third-order valence-corrected chi connectivity index (χ3v) is 3.12. The molecule has 2 heterocycles. The van der Waals surface area contributed by atoms with Crippen LogP contribution in [-0.2, 0) is 18.5 Å². The number of carbonyl (C=O) groups excluding carboxylic acids is 1. The summed E-state index contributed by atoms with van der Waals surface area (Å²) in [4.78, 5) is 12.2. The van der Waals surface area contributed by atoms with Gasteiger partial charge in [-0.2, -0.15) is 23.4 Å². The molecule has 2 aromatic rings. The number of nitrogens with zero attached hydrogens (tertiary/aromatic N) is 4. The first kappa shape index (κ1) is 17.0. The van der Waals surface area contributed by atoms with Crippen LogP contribution in [0, 0.1) is 13.8 Å². The molecule has 0 aliphatic rings. The van der Waals surface area contributed by atoms with E-state index < -0.39 is 12.8 Å². The summed E-state index contributed by atoms with van der Waals surface area (Å²) in [7, 11) is 1.73. The molecule has 126 valence electrons. The van der Waals surface area contributed by atoms with Crippen LogP contribution < -0.4 is 5.32 Å². The molecule has 0 aliphatic heterocycles. The lowest BCUT2D eigenvalue weighted by molar-refractivity contribution is -0.182. The predicted octanol–water partition coefficient (Wildman–Crippen LogP) is 2.02. The highest BCUT2D eigenvalue weighted by atomic mass is 19.4. The van der Waals surface area contributed by atoms with Gasteiger partial charge in [-0.25, -0.2) is 4.68 Å². The van der Waals surface area contributed by atoms with Crippen molar-refractivity contribution in [3.05, 3.63) is 29.3 Å². The quantitative estimate of drug-likeness (QED) is 0.910. The van der Waals surface area contributed by atoms with E-state index >= 15 is 0 Å². The van der Waals surface area contributed by atoms with E-state index in [0.717, 1.165) is 4.68 Å². The monoisotopic (exact) mass is 331 g/mol. The summed E-state index contributed by atoms with van der Waals surface area (Å²) in [6, 6.07) is 0. The topological polar surface area (TPSA) is 74.0 Å². The minimum atomic E-state index is -4.39. The van der Waals surface area contributed by atoms with Gasteiger partial charge >= 0.3 is 6.18 Å². The van der Waals surface area contributed by atoms with Crippen LogP contribution in [0.15, 0.2) is 12.4 Å². The molecule has 0 radical (unpaired) electrons. The van der Waals surface area contributed by atoms with E-state index in [4.69, 9.17) is 0 Å². The average molecular weight is 331 g/mol. The molecule has 23 heavy (non-hydrogen) atoms. The number of rotatable bonds is 5. The Balaban J connectivity index is 1.97. The Hall–Kier alpha value is -2.36. The second-order valence-corrected chi connectivity index (χ2v) is 4.98. The number of aromatic nitrogens is 4. The Morgan fingerprint density at radius 2 is 2.09 bits per heavy atom. The van der Waals surface area contributed by atoms with Gasteiger partial charge in [-0.1, -0.05) is 0 Å². The molecular formula is C13H16F3N5O2. The summed E-state index contributed by atoms with van der Waals surface area (Å²) in [5, 5.41) is 10.6. The summed E-state index contributed by atoms with van der Waals surface area (Å²) >= 11 is 0. The molecule has 0 atom stereocenters. The summed E-state index contributed by atoms with van der Waals surface area (Å²) < 4.78 is 43.2. The van der Waals surface area contributed by atoms with Crippen molar-refractivity contribution in [2.45, 2.75) is 26.8 Å². The summed E-state index contributed by atoms with van der Waals surface area (Å²) in [6.07, 6.45) is -1.68. The average Bonchev–Trinajstić information content (AvgIpc) is 2.94. The predicted molar refractivity (Wildman–Crippen MR) is 74.9 cm³/mol. The van der Waals surface area contributed by atoms with Crippen molar-refractivity contribution in [2.75, 3.05) is 11.9 Å². The first-order valence-corrected chi connectivity index (χ1v) is 6.66. The second kappa shape index (κ2) is 6.41. The number of aryl methyl sites for hydroxylation is 2. The molecule has 0 bridgehead atoms. The number of hydrogen-bond acceptors (Lipinski definition) is 4. The van der Waals surface area contributed by atoms with E-state index in [1.165, 1.54) is 12.4 Å². The highest BCUT2D eigenvalue weighted by molar-refractivity contribution is 6.05. The number of hydrogen-bond donors (Lipinski definition) is 1. The first-order valence-electron chi connectivity index (χ1n) is 6.66. The number of anilines is 1. The molecule has 7 nitrogen and oxygen atoms in total. The molecule has 0 aromatic carbocycles. The smallest absolute Gasteiger partial charge is 0.350 e. The van der Waals surface area contributed by atoms with Gasteiger partial charge in [0, 0.05) is 12.7 Å². The zero-order valence-electron chi connectivity index (χ0n) is 12.8. The van der Waals surface area contributed by atoms with Gasteiger partial charge in [0.25, 0.3) is 5.91 Å². The third-order valence-electron chi connectivity index (χ3n) is 3.12. The fourth-order valence-electron chi connectivity index (χ4n) is 2.05. The van der Waals surface area contributed by atoms with E-state index in [-0.39, 0.29) is 12.6 Å². The Bertz CT molecular complexity index is 705. The fourth-order valence-corrected chi connectivity index (χ4v) is 2.05. The Morgan fingerprint density at radius 1 is 1.39 bits per heavy atom. The molecular weight excluding hydrogens is 315 g/mol.